The SMILES string of the molecule is COC(=O)CCNc1nc2cc([C@]3(CN4Cc5ccc(OC)c(F)c5C4=O)CC(=O)NC3=O)oc2cc1F. The number of furan rings is 1. The number of hydrogen-bond acceptors (Lipinski definition) is 9. The maximum atomic E-state index is 14.8. The van der Waals surface area contributed by atoms with Crippen LogP contribution in [-0.4, -0.2) is 60.9 Å². The third-order valence-electron chi connectivity index (χ3n) is 6.66. The van der Waals surface area contributed by atoms with Crippen molar-refractivity contribution in [3.63, 3.8) is 0 Å². The second kappa shape index (κ2) is 9.39. The highest BCUT2D eigenvalue weighted by atomic mass is 19.1. The normalized spacial score (nSPS) is 18.6. The average Bonchev–Trinajstić information content (AvgIpc) is 3.53. The van der Waals surface area contributed by atoms with Gasteiger partial charge in [0, 0.05) is 31.8 Å². The van der Waals surface area contributed by atoms with Crippen LogP contribution in [0.15, 0.2) is 28.7 Å². The van der Waals surface area contributed by atoms with E-state index in [1.165, 1.54) is 31.3 Å². The van der Waals surface area contributed by atoms with Crippen molar-refractivity contribution in [2.75, 3.05) is 32.6 Å². The monoisotopic (exact) mass is 528 g/mol. The van der Waals surface area contributed by atoms with Crippen molar-refractivity contribution < 1.29 is 41.8 Å². The fraction of sp³-hybridized carbons (Fsp3) is 0.320. The Morgan fingerprint density at radius 1 is 1.24 bits per heavy atom. The smallest absolute Gasteiger partial charge is 0.307 e. The number of ether oxygens (including phenoxy) is 2. The van der Waals surface area contributed by atoms with Crippen LogP contribution in [0.25, 0.3) is 11.1 Å². The van der Waals surface area contributed by atoms with Gasteiger partial charge in [0.1, 0.15) is 16.7 Å². The average molecular weight is 528 g/mol. The minimum absolute atomic E-state index is 0.000327. The summed E-state index contributed by atoms with van der Waals surface area (Å²) >= 11 is 0. The Morgan fingerprint density at radius 3 is 2.71 bits per heavy atom. The van der Waals surface area contributed by atoms with Gasteiger partial charge < -0.3 is 24.1 Å². The molecule has 3 amide bonds. The van der Waals surface area contributed by atoms with Gasteiger partial charge in [0.15, 0.2) is 28.8 Å². The van der Waals surface area contributed by atoms with E-state index in [0.29, 0.717) is 5.56 Å². The van der Waals surface area contributed by atoms with Crippen molar-refractivity contribution in [2.45, 2.75) is 24.8 Å². The van der Waals surface area contributed by atoms with Crippen molar-refractivity contribution in [3.05, 3.63) is 52.8 Å². The maximum absolute atomic E-state index is 14.8. The lowest BCUT2D eigenvalue weighted by atomic mass is 9.82. The molecule has 0 radical (unpaired) electrons. The van der Waals surface area contributed by atoms with Gasteiger partial charge in [0.2, 0.25) is 11.8 Å². The second-order valence-electron chi connectivity index (χ2n) is 8.98. The van der Waals surface area contributed by atoms with E-state index in [1.807, 2.05) is 0 Å². The highest BCUT2D eigenvalue weighted by molar-refractivity contribution is 6.10. The molecule has 1 fully saturated rings. The summed E-state index contributed by atoms with van der Waals surface area (Å²) < 4.78 is 44.8. The zero-order valence-electron chi connectivity index (χ0n) is 20.4. The number of imide groups is 1. The molecule has 38 heavy (non-hydrogen) atoms. The van der Waals surface area contributed by atoms with Gasteiger partial charge in [-0.3, -0.25) is 24.5 Å². The zero-order chi connectivity index (χ0) is 27.2. The Hall–Kier alpha value is -4.55. The Kier molecular flexibility index (Phi) is 6.21. The van der Waals surface area contributed by atoms with Crippen molar-refractivity contribution >= 4 is 40.6 Å². The van der Waals surface area contributed by atoms with Crippen molar-refractivity contribution in [1.29, 1.82) is 0 Å². The summed E-state index contributed by atoms with van der Waals surface area (Å²) in [5.74, 6) is -4.27. The number of pyridine rings is 1. The highest BCUT2D eigenvalue weighted by Gasteiger charge is 2.53. The van der Waals surface area contributed by atoms with Gasteiger partial charge in [-0.25, -0.2) is 13.8 Å². The summed E-state index contributed by atoms with van der Waals surface area (Å²) in [6.07, 6.45) is -0.360. The van der Waals surface area contributed by atoms with Crippen LogP contribution >= 0.6 is 0 Å². The van der Waals surface area contributed by atoms with Crippen LogP contribution < -0.4 is 15.4 Å². The predicted octanol–water partition coefficient (Wildman–Crippen LogP) is 2.03. The summed E-state index contributed by atoms with van der Waals surface area (Å²) in [6.45, 7) is -0.237. The van der Waals surface area contributed by atoms with Gasteiger partial charge in [-0.15, -0.1) is 0 Å². The first kappa shape index (κ1) is 25.1. The van der Waals surface area contributed by atoms with Gasteiger partial charge in [-0.1, -0.05) is 6.07 Å². The number of amides is 3. The van der Waals surface area contributed by atoms with Crippen molar-refractivity contribution in [3.8, 4) is 5.75 Å². The lowest BCUT2D eigenvalue weighted by molar-refractivity contribution is -0.140. The molecule has 0 aliphatic carbocycles. The molecule has 198 valence electrons. The molecule has 2 aliphatic heterocycles. The predicted molar refractivity (Wildman–Crippen MR) is 126 cm³/mol. The molecule has 2 aromatic heterocycles. The first-order valence-corrected chi connectivity index (χ1v) is 11.6. The number of nitrogens with zero attached hydrogens (tertiary/aromatic N) is 2. The first-order valence-electron chi connectivity index (χ1n) is 11.6. The molecule has 2 aliphatic rings. The van der Waals surface area contributed by atoms with Crippen molar-refractivity contribution in [2.24, 2.45) is 0 Å². The largest absolute Gasteiger partial charge is 0.494 e. The number of carbonyl (C=O) groups excluding carboxylic acids is 4. The molecule has 13 heteroatoms. The molecular weight excluding hydrogens is 506 g/mol. The summed E-state index contributed by atoms with van der Waals surface area (Å²) in [5.41, 5.74) is -1.22. The van der Waals surface area contributed by atoms with Crippen molar-refractivity contribution in [1.82, 2.24) is 15.2 Å². The Morgan fingerprint density at radius 2 is 2.03 bits per heavy atom. The van der Waals surface area contributed by atoms with Gasteiger partial charge in [0.05, 0.1) is 32.6 Å². The summed E-state index contributed by atoms with van der Waals surface area (Å²) in [4.78, 5) is 55.3. The number of nitrogens with one attached hydrogen (secondary N) is 2. The lowest BCUT2D eigenvalue weighted by Gasteiger charge is -2.28. The van der Waals surface area contributed by atoms with Crippen LogP contribution in [0.1, 0.15) is 34.5 Å². The minimum Gasteiger partial charge on any atom is -0.494 e. The number of fused-ring (bicyclic) bond motifs is 2. The van der Waals surface area contributed by atoms with Crippen LogP contribution in [-0.2, 0) is 31.1 Å². The number of esters is 1. The van der Waals surface area contributed by atoms with Crippen LogP contribution in [0, 0.1) is 11.6 Å². The summed E-state index contributed by atoms with van der Waals surface area (Å²) in [7, 11) is 2.52. The number of benzene rings is 1. The van der Waals surface area contributed by atoms with E-state index in [0.717, 1.165) is 6.07 Å². The molecule has 1 atom stereocenters. The van der Waals surface area contributed by atoms with Crippen LogP contribution in [0.5, 0.6) is 5.75 Å². The van der Waals surface area contributed by atoms with E-state index >= 15 is 0 Å². The second-order valence-corrected chi connectivity index (χ2v) is 8.98. The topological polar surface area (TPSA) is 140 Å². The number of carbonyl (C=O) groups is 4. The molecule has 2 N–H and O–H groups in total. The maximum Gasteiger partial charge on any atom is 0.307 e. The molecule has 1 aromatic carbocycles. The zero-order valence-corrected chi connectivity index (χ0v) is 20.4. The van der Waals surface area contributed by atoms with Gasteiger partial charge >= 0.3 is 5.97 Å². The third kappa shape index (κ3) is 4.09. The number of halogens is 2. The minimum atomic E-state index is -1.65. The molecule has 3 aromatic rings. The van der Waals surface area contributed by atoms with E-state index in [1.54, 1.807) is 6.07 Å². The van der Waals surface area contributed by atoms with Gasteiger partial charge in [-0.2, -0.15) is 0 Å². The molecule has 5 rings (SSSR count). The van der Waals surface area contributed by atoms with Crippen LogP contribution in [0.3, 0.4) is 0 Å². The highest BCUT2D eigenvalue weighted by Crippen LogP contribution is 2.40. The number of methoxy groups -OCH3 is 2. The number of hydrogen-bond donors (Lipinski definition) is 2. The molecule has 1 saturated heterocycles. The fourth-order valence-corrected chi connectivity index (χ4v) is 4.74. The molecule has 4 heterocycles. The summed E-state index contributed by atoms with van der Waals surface area (Å²) in [5, 5.41) is 4.94. The number of rotatable bonds is 8. The first-order chi connectivity index (χ1) is 18.2. The molecule has 0 unspecified atom stereocenters. The van der Waals surface area contributed by atoms with E-state index < -0.39 is 40.7 Å². The lowest BCUT2D eigenvalue weighted by Crippen LogP contribution is -2.46. The van der Waals surface area contributed by atoms with E-state index in [2.05, 4.69) is 20.4 Å². The van der Waals surface area contributed by atoms with E-state index in [-0.39, 0.29) is 66.5 Å². The Balaban J connectivity index is 1.48. The standard InChI is InChI=1S/C25H22F2N4O7/c1-36-15-4-3-12-10-31(23(34)20(12)21(15)27)11-25(9-18(32)30-24(25)35)17-8-14-16(38-17)7-13(26)22(29-14)28-6-5-19(33)37-2/h3-4,7-8H,5-6,9-11H2,1-2H3,(H,28,29)(H,30,32,35)/t25-/m1/s1. The molecule has 11 nitrogen and oxygen atoms in total. The number of anilines is 1. The quantitative estimate of drug-likeness (QED) is 0.332. The van der Waals surface area contributed by atoms with Crippen LogP contribution in [0.2, 0.25) is 0 Å². The Bertz CT molecular complexity index is 1500. The van der Waals surface area contributed by atoms with Crippen LogP contribution in [0.4, 0.5) is 14.6 Å². The molecule has 0 bridgehead atoms. The van der Waals surface area contributed by atoms with E-state index in [9.17, 15) is 28.0 Å². The van der Waals surface area contributed by atoms with Gasteiger partial charge in [0.25, 0.3) is 5.91 Å². The molecule has 0 spiro atoms. The summed E-state index contributed by atoms with van der Waals surface area (Å²) in [6, 6.07) is 5.43. The Labute approximate surface area is 214 Å². The number of aromatic nitrogens is 1. The van der Waals surface area contributed by atoms with E-state index in [4.69, 9.17) is 9.15 Å². The molecular formula is C25H22F2N4O7. The third-order valence-corrected chi connectivity index (χ3v) is 6.66. The van der Waals surface area contributed by atoms with Gasteiger partial charge in [-0.05, 0) is 11.6 Å². The fourth-order valence-electron chi connectivity index (χ4n) is 4.74. The molecule has 0 saturated carbocycles.